The summed E-state index contributed by atoms with van der Waals surface area (Å²) in [5, 5.41) is 0.621. The first-order chi connectivity index (χ1) is 11.5. The van der Waals surface area contributed by atoms with Gasteiger partial charge in [0.15, 0.2) is 5.78 Å². The van der Waals surface area contributed by atoms with Crippen LogP contribution in [-0.2, 0) is 4.79 Å². The lowest BCUT2D eigenvalue weighted by molar-refractivity contribution is -0.131. The molecule has 0 radical (unpaired) electrons. The van der Waals surface area contributed by atoms with Gasteiger partial charge in [-0.15, -0.1) is 0 Å². The molecule has 24 heavy (non-hydrogen) atoms. The smallest absolute Gasteiger partial charge is 0.230 e. The van der Waals surface area contributed by atoms with Crippen molar-refractivity contribution in [2.45, 2.75) is 6.42 Å². The predicted molar refractivity (Wildman–Crippen MR) is 96.9 cm³/mol. The van der Waals surface area contributed by atoms with Gasteiger partial charge in [0.1, 0.15) is 0 Å². The van der Waals surface area contributed by atoms with Gasteiger partial charge in [0.25, 0.3) is 0 Å². The molecule has 122 valence electrons. The molecule has 1 aliphatic carbocycles. The largest absolute Gasteiger partial charge is 0.348 e. The van der Waals surface area contributed by atoms with Crippen LogP contribution >= 0.6 is 11.6 Å². The molecule has 0 unspecified atom stereocenters. The SMILES string of the molecule is CN(C)C(=O)[C@H]1CC(=O)c2ccccc2/C1=C\c1ccccc1Cl. The van der Waals surface area contributed by atoms with Crippen molar-refractivity contribution in [3.8, 4) is 0 Å². The molecule has 3 rings (SSSR count). The lowest BCUT2D eigenvalue weighted by atomic mass is 9.77. The van der Waals surface area contributed by atoms with Crippen molar-refractivity contribution in [3.63, 3.8) is 0 Å². The zero-order valence-electron chi connectivity index (χ0n) is 13.6. The Labute approximate surface area is 146 Å². The highest BCUT2D eigenvalue weighted by molar-refractivity contribution is 6.32. The lowest BCUT2D eigenvalue weighted by Gasteiger charge is -2.28. The number of amides is 1. The Balaban J connectivity index is 2.20. The maximum Gasteiger partial charge on any atom is 0.230 e. The summed E-state index contributed by atoms with van der Waals surface area (Å²) in [7, 11) is 3.42. The van der Waals surface area contributed by atoms with E-state index < -0.39 is 5.92 Å². The van der Waals surface area contributed by atoms with E-state index >= 15 is 0 Å². The summed E-state index contributed by atoms with van der Waals surface area (Å²) < 4.78 is 0. The second-order valence-electron chi connectivity index (χ2n) is 6.08. The molecule has 4 heteroatoms. The third-order valence-corrected chi connectivity index (χ3v) is 4.60. The Kier molecular flexibility index (Phi) is 4.54. The molecule has 1 amide bonds. The molecule has 0 spiro atoms. The molecular weight excluding hydrogens is 322 g/mol. The third-order valence-electron chi connectivity index (χ3n) is 4.26. The minimum Gasteiger partial charge on any atom is -0.348 e. The maximum atomic E-state index is 12.6. The Bertz CT molecular complexity index is 839. The van der Waals surface area contributed by atoms with Crippen LogP contribution < -0.4 is 0 Å². The fourth-order valence-electron chi connectivity index (χ4n) is 3.04. The van der Waals surface area contributed by atoms with Crippen molar-refractivity contribution in [1.82, 2.24) is 4.90 Å². The average Bonchev–Trinajstić information content (AvgIpc) is 2.58. The van der Waals surface area contributed by atoms with Crippen LogP contribution in [0.2, 0.25) is 5.02 Å². The number of carbonyl (C=O) groups excluding carboxylic acids is 2. The van der Waals surface area contributed by atoms with Crippen LogP contribution in [-0.4, -0.2) is 30.7 Å². The zero-order chi connectivity index (χ0) is 17.3. The molecule has 0 N–H and O–H groups in total. The van der Waals surface area contributed by atoms with E-state index in [9.17, 15) is 9.59 Å². The van der Waals surface area contributed by atoms with Crippen molar-refractivity contribution < 1.29 is 9.59 Å². The number of halogens is 1. The quantitative estimate of drug-likeness (QED) is 0.823. The summed E-state index contributed by atoms with van der Waals surface area (Å²) in [6.45, 7) is 0. The number of benzene rings is 2. The average molecular weight is 340 g/mol. The Morgan fingerprint density at radius 3 is 2.38 bits per heavy atom. The standard InChI is InChI=1S/C20H18ClNO2/c1-22(2)20(24)17-12-19(23)15-9-5-4-8-14(15)16(17)11-13-7-3-6-10-18(13)21/h3-11,17H,12H2,1-2H3/b16-11+/t17-/m0/s1. The number of nitrogens with zero attached hydrogens (tertiary/aromatic N) is 1. The van der Waals surface area contributed by atoms with E-state index in [0.717, 1.165) is 16.7 Å². The number of carbonyl (C=O) groups is 2. The normalized spacial score (nSPS) is 18.4. The van der Waals surface area contributed by atoms with Crippen LogP contribution in [0.5, 0.6) is 0 Å². The van der Waals surface area contributed by atoms with Gasteiger partial charge < -0.3 is 4.90 Å². The first-order valence-electron chi connectivity index (χ1n) is 7.79. The van der Waals surface area contributed by atoms with E-state index in [-0.39, 0.29) is 18.1 Å². The second kappa shape index (κ2) is 6.62. The fourth-order valence-corrected chi connectivity index (χ4v) is 3.23. The predicted octanol–water partition coefficient (Wildman–Crippen LogP) is 4.17. The summed E-state index contributed by atoms with van der Waals surface area (Å²) in [5.74, 6) is -0.558. The first kappa shape index (κ1) is 16.5. The van der Waals surface area contributed by atoms with Gasteiger partial charge in [-0.1, -0.05) is 54.1 Å². The molecule has 0 bridgehead atoms. The highest BCUT2D eigenvalue weighted by Gasteiger charge is 2.34. The van der Waals surface area contributed by atoms with Crippen LogP contribution in [0.25, 0.3) is 11.6 Å². The highest BCUT2D eigenvalue weighted by atomic mass is 35.5. The van der Waals surface area contributed by atoms with Crippen LogP contribution in [0, 0.1) is 5.92 Å². The number of ketones is 1. The zero-order valence-corrected chi connectivity index (χ0v) is 14.4. The van der Waals surface area contributed by atoms with Gasteiger partial charge in [0.2, 0.25) is 5.91 Å². The molecule has 1 atom stereocenters. The fraction of sp³-hybridized carbons (Fsp3) is 0.200. The highest BCUT2D eigenvalue weighted by Crippen LogP contribution is 2.38. The van der Waals surface area contributed by atoms with E-state index in [1.54, 1.807) is 14.1 Å². The molecule has 0 saturated carbocycles. The van der Waals surface area contributed by atoms with Crippen molar-refractivity contribution >= 4 is 34.9 Å². The summed E-state index contributed by atoms with van der Waals surface area (Å²) in [6, 6.07) is 14.9. The van der Waals surface area contributed by atoms with E-state index in [1.807, 2.05) is 54.6 Å². The first-order valence-corrected chi connectivity index (χ1v) is 8.16. The van der Waals surface area contributed by atoms with Crippen molar-refractivity contribution in [1.29, 1.82) is 0 Å². The summed E-state index contributed by atoms with van der Waals surface area (Å²) in [4.78, 5) is 26.6. The van der Waals surface area contributed by atoms with Gasteiger partial charge >= 0.3 is 0 Å². The summed E-state index contributed by atoms with van der Waals surface area (Å²) >= 11 is 6.28. The van der Waals surface area contributed by atoms with Gasteiger partial charge in [-0.05, 0) is 28.8 Å². The minimum atomic E-state index is -0.487. The third kappa shape index (κ3) is 3.00. The van der Waals surface area contributed by atoms with Crippen LogP contribution in [0.4, 0.5) is 0 Å². The van der Waals surface area contributed by atoms with Gasteiger partial charge in [-0.25, -0.2) is 0 Å². The Morgan fingerprint density at radius 1 is 1.08 bits per heavy atom. The van der Waals surface area contributed by atoms with Crippen LogP contribution in [0.1, 0.15) is 27.9 Å². The van der Waals surface area contributed by atoms with Crippen LogP contribution in [0.15, 0.2) is 48.5 Å². The second-order valence-corrected chi connectivity index (χ2v) is 6.49. The minimum absolute atomic E-state index is 0.00195. The lowest BCUT2D eigenvalue weighted by Crippen LogP contribution is -2.34. The number of hydrogen-bond donors (Lipinski definition) is 0. The van der Waals surface area contributed by atoms with E-state index in [2.05, 4.69) is 0 Å². The number of hydrogen-bond acceptors (Lipinski definition) is 2. The summed E-state index contributed by atoms with van der Waals surface area (Å²) in [5.41, 5.74) is 3.17. The van der Waals surface area contributed by atoms with E-state index in [0.29, 0.717) is 10.6 Å². The molecule has 2 aromatic carbocycles. The molecule has 1 aliphatic rings. The van der Waals surface area contributed by atoms with E-state index in [4.69, 9.17) is 11.6 Å². The van der Waals surface area contributed by atoms with Gasteiger partial charge in [0, 0.05) is 31.1 Å². The number of rotatable bonds is 2. The van der Waals surface area contributed by atoms with E-state index in [1.165, 1.54) is 4.90 Å². The van der Waals surface area contributed by atoms with Gasteiger partial charge in [-0.2, -0.15) is 0 Å². The van der Waals surface area contributed by atoms with Crippen molar-refractivity contribution in [2.24, 2.45) is 5.92 Å². The Hall–Kier alpha value is -2.39. The van der Waals surface area contributed by atoms with Crippen molar-refractivity contribution in [2.75, 3.05) is 14.1 Å². The monoisotopic (exact) mass is 339 g/mol. The molecule has 0 heterocycles. The number of Topliss-reactive ketones (excluding diaryl/α,β-unsaturated/α-hetero) is 1. The molecular formula is C20H18ClNO2. The van der Waals surface area contributed by atoms with Gasteiger partial charge in [-0.3, -0.25) is 9.59 Å². The molecule has 2 aromatic rings. The molecule has 0 fully saturated rings. The Morgan fingerprint density at radius 2 is 1.71 bits per heavy atom. The maximum absolute atomic E-state index is 12.6. The number of fused-ring (bicyclic) bond motifs is 1. The van der Waals surface area contributed by atoms with Crippen molar-refractivity contribution in [3.05, 3.63) is 70.2 Å². The molecule has 0 aromatic heterocycles. The topological polar surface area (TPSA) is 37.4 Å². The van der Waals surface area contributed by atoms with Gasteiger partial charge in [0.05, 0.1) is 5.92 Å². The molecule has 3 nitrogen and oxygen atoms in total. The van der Waals surface area contributed by atoms with Crippen LogP contribution in [0.3, 0.4) is 0 Å². The molecule has 0 aliphatic heterocycles. The molecule has 0 saturated heterocycles. The summed E-state index contributed by atoms with van der Waals surface area (Å²) in [6.07, 6.45) is 2.12.